The smallest absolute Gasteiger partial charge is 0.129 e. The highest BCUT2D eigenvalue weighted by molar-refractivity contribution is 7.15. The van der Waals surface area contributed by atoms with E-state index in [1.54, 1.807) is 25.6 Å². The van der Waals surface area contributed by atoms with Crippen LogP contribution in [0, 0.1) is 0 Å². The molecule has 1 atom stereocenters. The fourth-order valence-electron chi connectivity index (χ4n) is 2.68. The van der Waals surface area contributed by atoms with Gasteiger partial charge in [0.05, 0.1) is 18.8 Å². The molecule has 4 nitrogen and oxygen atoms in total. The Kier molecular flexibility index (Phi) is 4.53. The standard InChI is InChI=1S/C16H20N2O2S/c1-19-12-7-8-18(10-12)11-13-9-17-16(21-13)14-5-3-4-6-15(14)20-2/h3-6,9,12H,7-8,10-11H2,1-2H3/t12-/m1/s1. The Balaban J connectivity index is 1.72. The quantitative estimate of drug-likeness (QED) is 0.850. The molecule has 1 aliphatic heterocycles. The van der Waals surface area contributed by atoms with Crippen LogP contribution < -0.4 is 4.74 Å². The van der Waals surface area contributed by atoms with Crippen molar-refractivity contribution in [1.82, 2.24) is 9.88 Å². The number of ether oxygens (including phenoxy) is 2. The molecule has 0 bridgehead atoms. The molecule has 0 amide bonds. The van der Waals surface area contributed by atoms with E-state index in [1.807, 2.05) is 24.4 Å². The number of likely N-dealkylation sites (tertiary alicyclic amines) is 1. The van der Waals surface area contributed by atoms with Crippen molar-refractivity contribution < 1.29 is 9.47 Å². The fourth-order valence-corrected chi connectivity index (χ4v) is 3.66. The fraction of sp³-hybridized carbons (Fsp3) is 0.438. The monoisotopic (exact) mass is 304 g/mol. The number of benzene rings is 1. The topological polar surface area (TPSA) is 34.6 Å². The number of thiazole rings is 1. The molecule has 0 N–H and O–H groups in total. The van der Waals surface area contributed by atoms with Crippen LogP contribution in [0.15, 0.2) is 30.5 Å². The number of para-hydroxylation sites is 1. The van der Waals surface area contributed by atoms with E-state index in [2.05, 4.69) is 16.0 Å². The average Bonchev–Trinajstić information content (AvgIpc) is 3.17. The number of aromatic nitrogens is 1. The van der Waals surface area contributed by atoms with Crippen LogP contribution in [0.3, 0.4) is 0 Å². The lowest BCUT2D eigenvalue weighted by Crippen LogP contribution is -2.21. The lowest BCUT2D eigenvalue weighted by Gasteiger charge is -2.13. The van der Waals surface area contributed by atoms with Gasteiger partial charge in [-0.3, -0.25) is 4.90 Å². The highest BCUT2D eigenvalue weighted by Gasteiger charge is 2.22. The summed E-state index contributed by atoms with van der Waals surface area (Å²) in [5.41, 5.74) is 1.06. The lowest BCUT2D eigenvalue weighted by molar-refractivity contribution is 0.107. The van der Waals surface area contributed by atoms with E-state index in [9.17, 15) is 0 Å². The molecule has 1 aromatic heterocycles. The van der Waals surface area contributed by atoms with Gasteiger partial charge in [0, 0.05) is 37.8 Å². The minimum Gasteiger partial charge on any atom is -0.496 e. The van der Waals surface area contributed by atoms with Crippen molar-refractivity contribution in [1.29, 1.82) is 0 Å². The Morgan fingerprint density at radius 1 is 1.33 bits per heavy atom. The van der Waals surface area contributed by atoms with Crippen molar-refractivity contribution in [2.45, 2.75) is 19.1 Å². The van der Waals surface area contributed by atoms with Crippen molar-refractivity contribution in [3.05, 3.63) is 35.3 Å². The van der Waals surface area contributed by atoms with Gasteiger partial charge in [-0.1, -0.05) is 12.1 Å². The first-order valence-corrected chi connectivity index (χ1v) is 7.95. The molecule has 1 saturated heterocycles. The van der Waals surface area contributed by atoms with Gasteiger partial charge in [-0.25, -0.2) is 4.98 Å². The van der Waals surface area contributed by atoms with Gasteiger partial charge in [-0.15, -0.1) is 11.3 Å². The van der Waals surface area contributed by atoms with Crippen LogP contribution in [0.4, 0.5) is 0 Å². The molecule has 0 aliphatic carbocycles. The summed E-state index contributed by atoms with van der Waals surface area (Å²) < 4.78 is 10.8. The summed E-state index contributed by atoms with van der Waals surface area (Å²) in [4.78, 5) is 8.27. The van der Waals surface area contributed by atoms with Crippen LogP contribution in [0.2, 0.25) is 0 Å². The molecule has 0 radical (unpaired) electrons. The zero-order valence-corrected chi connectivity index (χ0v) is 13.2. The second kappa shape index (κ2) is 6.56. The van der Waals surface area contributed by atoms with Crippen LogP contribution in [0.5, 0.6) is 5.75 Å². The third-order valence-electron chi connectivity index (χ3n) is 3.83. The van der Waals surface area contributed by atoms with Gasteiger partial charge in [-0.05, 0) is 18.6 Å². The average molecular weight is 304 g/mol. The van der Waals surface area contributed by atoms with Gasteiger partial charge in [0.15, 0.2) is 0 Å². The normalized spacial score (nSPS) is 19.0. The van der Waals surface area contributed by atoms with E-state index in [-0.39, 0.29) is 0 Å². The summed E-state index contributed by atoms with van der Waals surface area (Å²) in [6.07, 6.45) is 3.48. The van der Waals surface area contributed by atoms with Crippen LogP contribution >= 0.6 is 11.3 Å². The third-order valence-corrected chi connectivity index (χ3v) is 4.85. The second-order valence-electron chi connectivity index (χ2n) is 5.21. The van der Waals surface area contributed by atoms with E-state index in [0.29, 0.717) is 6.10 Å². The Morgan fingerprint density at radius 3 is 2.95 bits per heavy atom. The molecule has 2 aromatic rings. The minimum atomic E-state index is 0.381. The van der Waals surface area contributed by atoms with Crippen molar-refractivity contribution in [3.63, 3.8) is 0 Å². The van der Waals surface area contributed by atoms with Gasteiger partial charge in [0.1, 0.15) is 10.8 Å². The van der Waals surface area contributed by atoms with E-state index < -0.39 is 0 Å². The first-order chi connectivity index (χ1) is 10.3. The SMILES string of the molecule is COc1ccccc1-c1ncc(CN2CC[C@@H](OC)C2)s1. The molecule has 0 saturated carbocycles. The van der Waals surface area contributed by atoms with Crippen LogP contribution in [-0.4, -0.2) is 43.3 Å². The Labute approximate surface area is 129 Å². The Morgan fingerprint density at radius 2 is 2.19 bits per heavy atom. The molecule has 3 rings (SSSR count). The first-order valence-electron chi connectivity index (χ1n) is 7.13. The summed E-state index contributed by atoms with van der Waals surface area (Å²) >= 11 is 1.74. The molecule has 112 valence electrons. The van der Waals surface area contributed by atoms with Crippen molar-refractivity contribution in [3.8, 4) is 16.3 Å². The van der Waals surface area contributed by atoms with Gasteiger partial charge >= 0.3 is 0 Å². The highest BCUT2D eigenvalue weighted by Crippen LogP contribution is 2.33. The summed E-state index contributed by atoms with van der Waals surface area (Å²) in [7, 11) is 3.49. The van der Waals surface area contributed by atoms with Gasteiger partial charge < -0.3 is 9.47 Å². The van der Waals surface area contributed by atoms with E-state index in [4.69, 9.17) is 9.47 Å². The number of methoxy groups -OCH3 is 2. The predicted octanol–water partition coefficient (Wildman–Crippen LogP) is 3.04. The van der Waals surface area contributed by atoms with Crippen LogP contribution in [-0.2, 0) is 11.3 Å². The second-order valence-corrected chi connectivity index (χ2v) is 6.33. The molecule has 1 fully saturated rings. The summed E-state index contributed by atoms with van der Waals surface area (Å²) in [5, 5.41) is 1.02. The summed E-state index contributed by atoms with van der Waals surface area (Å²) in [5.74, 6) is 0.874. The molecular weight excluding hydrogens is 284 g/mol. The van der Waals surface area contributed by atoms with Crippen LogP contribution in [0.1, 0.15) is 11.3 Å². The maximum absolute atomic E-state index is 5.41. The molecular formula is C16H20N2O2S. The lowest BCUT2D eigenvalue weighted by atomic mass is 10.2. The van der Waals surface area contributed by atoms with Crippen molar-refractivity contribution in [2.24, 2.45) is 0 Å². The zero-order chi connectivity index (χ0) is 14.7. The van der Waals surface area contributed by atoms with Crippen molar-refractivity contribution >= 4 is 11.3 Å². The predicted molar refractivity (Wildman–Crippen MR) is 84.8 cm³/mol. The maximum Gasteiger partial charge on any atom is 0.129 e. The van der Waals surface area contributed by atoms with E-state index in [0.717, 1.165) is 42.4 Å². The number of rotatable bonds is 5. The zero-order valence-electron chi connectivity index (χ0n) is 12.4. The van der Waals surface area contributed by atoms with Gasteiger partial charge in [0.25, 0.3) is 0 Å². The number of hydrogen-bond acceptors (Lipinski definition) is 5. The Bertz CT molecular complexity index is 599. The van der Waals surface area contributed by atoms with E-state index in [1.165, 1.54) is 4.88 Å². The molecule has 0 unspecified atom stereocenters. The third kappa shape index (κ3) is 3.26. The minimum absolute atomic E-state index is 0.381. The molecule has 1 aliphatic rings. The van der Waals surface area contributed by atoms with Crippen LogP contribution in [0.25, 0.3) is 10.6 Å². The van der Waals surface area contributed by atoms with Crippen molar-refractivity contribution in [2.75, 3.05) is 27.3 Å². The molecule has 5 heteroatoms. The molecule has 0 spiro atoms. The largest absolute Gasteiger partial charge is 0.496 e. The maximum atomic E-state index is 5.41. The summed E-state index contributed by atoms with van der Waals surface area (Å²) in [6.45, 7) is 3.06. The highest BCUT2D eigenvalue weighted by atomic mass is 32.1. The Hall–Kier alpha value is -1.43. The van der Waals surface area contributed by atoms with Gasteiger partial charge in [0.2, 0.25) is 0 Å². The number of nitrogens with zero attached hydrogens (tertiary/aromatic N) is 2. The molecule has 21 heavy (non-hydrogen) atoms. The molecule has 1 aromatic carbocycles. The van der Waals surface area contributed by atoms with E-state index >= 15 is 0 Å². The number of hydrogen-bond donors (Lipinski definition) is 0. The summed E-state index contributed by atoms with van der Waals surface area (Å²) in [6, 6.07) is 8.02. The first kappa shape index (κ1) is 14.5. The molecule has 2 heterocycles. The van der Waals surface area contributed by atoms with Gasteiger partial charge in [-0.2, -0.15) is 0 Å².